The molecule has 5 nitrogen and oxygen atoms in total. The van der Waals surface area contributed by atoms with Crippen molar-refractivity contribution in [1.29, 1.82) is 0 Å². The average molecular weight is 386 g/mol. The molecule has 0 unspecified atom stereocenters. The maximum atomic E-state index is 11.9. The van der Waals surface area contributed by atoms with E-state index >= 15 is 0 Å². The SMILES string of the molecule is CCOC(=O)c1ccc(-c2nn(Cc3ccccc3OC)c3ccccc23)cc1. The predicted molar refractivity (Wildman–Crippen MR) is 113 cm³/mol. The Bertz CT molecular complexity index is 1150. The second-order valence-electron chi connectivity index (χ2n) is 6.63. The highest BCUT2D eigenvalue weighted by molar-refractivity contribution is 5.95. The molecule has 0 N–H and O–H groups in total. The van der Waals surface area contributed by atoms with E-state index in [4.69, 9.17) is 14.6 Å². The van der Waals surface area contributed by atoms with Crippen LogP contribution in [0.25, 0.3) is 22.2 Å². The van der Waals surface area contributed by atoms with Gasteiger partial charge in [0, 0.05) is 16.5 Å². The Hall–Kier alpha value is -3.60. The highest BCUT2D eigenvalue weighted by Crippen LogP contribution is 2.29. The van der Waals surface area contributed by atoms with Crippen molar-refractivity contribution < 1.29 is 14.3 Å². The lowest BCUT2D eigenvalue weighted by atomic mass is 10.1. The van der Waals surface area contributed by atoms with Crippen molar-refractivity contribution in [3.8, 4) is 17.0 Å². The number of aromatic nitrogens is 2. The predicted octanol–water partition coefficient (Wildman–Crippen LogP) is 4.94. The summed E-state index contributed by atoms with van der Waals surface area (Å²) in [6.07, 6.45) is 0. The molecule has 0 saturated carbocycles. The summed E-state index contributed by atoms with van der Waals surface area (Å²) in [6, 6.07) is 23.5. The molecule has 0 amide bonds. The van der Waals surface area contributed by atoms with Crippen LogP contribution in [0.1, 0.15) is 22.8 Å². The minimum Gasteiger partial charge on any atom is -0.496 e. The van der Waals surface area contributed by atoms with E-state index in [2.05, 4.69) is 12.1 Å². The number of hydrogen-bond acceptors (Lipinski definition) is 4. The molecule has 0 aliphatic carbocycles. The molecule has 0 atom stereocenters. The number of esters is 1. The van der Waals surface area contributed by atoms with E-state index in [0.29, 0.717) is 18.7 Å². The highest BCUT2D eigenvalue weighted by Gasteiger charge is 2.14. The molecule has 146 valence electrons. The molecule has 0 spiro atoms. The largest absolute Gasteiger partial charge is 0.496 e. The Morgan fingerprint density at radius 2 is 1.69 bits per heavy atom. The number of ether oxygens (including phenoxy) is 2. The van der Waals surface area contributed by atoms with Gasteiger partial charge in [-0.1, -0.05) is 48.5 Å². The summed E-state index contributed by atoms with van der Waals surface area (Å²) in [5, 5.41) is 5.95. The molecule has 0 bridgehead atoms. The maximum Gasteiger partial charge on any atom is 0.338 e. The topological polar surface area (TPSA) is 53.3 Å². The fraction of sp³-hybridized carbons (Fsp3) is 0.167. The lowest BCUT2D eigenvalue weighted by molar-refractivity contribution is 0.0526. The van der Waals surface area contributed by atoms with Gasteiger partial charge in [-0.2, -0.15) is 5.10 Å². The second-order valence-corrected chi connectivity index (χ2v) is 6.63. The molecule has 1 heterocycles. The average Bonchev–Trinajstić information content (AvgIpc) is 3.13. The Morgan fingerprint density at radius 1 is 0.966 bits per heavy atom. The van der Waals surface area contributed by atoms with E-state index in [1.165, 1.54) is 0 Å². The summed E-state index contributed by atoms with van der Waals surface area (Å²) in [4.78, 5) is 11.9. The van der Waals surface area contributed by atoms with Crippen LogP contribution in [0.15, 0.2) is 72.8 Å². The van der Waals surface area contributed by atoms with Crippen molar-refractivity contribution in [1.82, 2.24) is 9.78 Å². The number of hydrogen-bond donors (Lipinski definition) is 0. The summed E-state index contributed by atoms with van der Waals surface area (Å²) >= 11 is 0. The zero-order valence-electron chi connectivity index (χ0n) is 16.5. The lowest BCUT2D eigenvalue weighted by Crippen LogP contribution is -2.04. The van der Waals surface area contributed by atoms with Crippen LogP contribution in [0.2, 0.25) is 0 Å². The lowest BCUT2D eigenvalue weighted by Gasteiger charge is -2.09. The van der Waals surface area contributed by atoms with Gasteiger partial charge in [0.2, 0.25) is 0 Å². The van der Waals surface area contributed by atoms with Crippen LogP contribution in [-0.2, 0) is 11.3 Å². The number of para-hydroxylation sites is 2. The molecule has 4 rings (SSSR count). The molecule has 29 heavy (non-hydrogen) atoms. The van der Waals surface area contributed by atoms with E-state index in [9.17, 15) is 4.79 Å². The van der Waals surface area contributed by atoms with Gasteiger partial charge in [0.25, 0.3) is 0 Å². The number of methoxy groups -OCH3 is 1. The number of rotatable bonds is 6. The normalized spacial score (nSPS) is 10.8. The Balaban J connectivity index is 1.74. The molecule has 5 heteroatoms. The van der Waals surface area contributed by atoms with Crippen LogP contribution in [0, 0.1) is 0 Å². The van der Waals surface area contributed by atoms with Crippen LogP contribution in [0.4, 0.5) is 0 Å². The summed E-state index contributed by atoms with van der Waals surface area (Å²) < 4.78 is 12.5. The molecule has 0 saturated heterocycles. The molecule has 0 fully saturated rings. The number of benzene rings is 3. The van der Waals surface area contributed by atoms with Gasteiger partial charge < -0.3 is 9.47 Å². The van der Waals surface area contributed by atoms with E-state index in [1.54, 1.807) is 26.2 Å². The summed E-state index contributed by atoms with van der Waals surface area (Å²) in [7, 11) is 1.68. The molecule has 0 aliphatic heterocycles. The molecule has 4 aromatic rings. The molecule has 0 radical (unpaired) electrons. The summed E-state index contributed by atoms with van der Waals surface area (Å²) in [5.41, 5.74) is 4.47. The molecular formula is C24H22N2O3. The molecular weight excluding hydrogens is 364 g/mol. The Labute approximate surface area is 169 Å². The first kappa shape index (κ1) is 18.7. The zero-order chi connectivity index (χ0) is 20.2. The first-order chi connectivity index (χ1) is 14.2. The smallest absolute Gasteiger partial charge is 0.338 e. The number of fused-ring (bicyclic) bond motifs is 1. The quantitative estimate of drug-likeness (QED) is 0.441. The van der Waals surface area contributed by atoms with Crippen LogP contribution >= 0.6 is 0 Å². The van der Waals surface area contributed by atoms with Crippen molar-refractivity contribution in [3.63, 3.8) is 0 Å². The van der Waals surface area contributed by atoms with Crippen molar-refractivity contribution in [2.24, 2.45) is 0 Å². The van der Waals surface area contributed by atoms with Gasteiger partial charge in [0.1, 0.15) is 11.4 Å². The van der Waals surface area contributed by atoms with E-state index < -0.39 is 0 Å². The van der Waals surface area contributed by atoms with Gasteiger partial charge in [0.15, 0.2) is 0 Å². The van der Waals surface area contributed by atoms with Gasteiger partial charge in [-0.05, 0) is 31.2 Å². The third kappa shape index (κ3) is 3.72. The number of nitrogens with zero attached hydrogens (tertiary/aromatic N) is 2. The molecule has 0 aliphatic rings. The van der Waals surface area contributed by atoms with Gasteiger partial charge in [-0.15, -0.1) is 0 Å². The van der Waals surface area contributed by atoms with Crippen LogP contribution < -0.4 is 4.74 Å². The van der Waals surface area contributed by atoms with Gasteiger partial charge in [0.05, 0.1) is 31.3 Å². The Morgan fingerprint density at radius 3 is 2.45 bits per heavy atom. The van der Waals surface area contributed by atoms with E-state index in [0.717, 1.165) is 33.5 Å². The van der Waals surface area contributed by atoms with Crippen LogP contribution in [-0.4, -0.2) is 29.5 Å². The highest BCUT2D eigenvalue weighted by atomic mass is 16.5. The maximum absolute atomic E-state index is 11.9. The van der Waals surface area contributed by atoms with Gasteiger partial charge in [-0.25, -0.2) is 4.79 Å². The minimum atomic E-state index is -0.314. The van der Waals surface area contributed by atoms with Crippen molar-refractivity contribution in [3.05, 3.63) is 83.9 Å². The second kappa shape index (κ2) is 8.19. The minimum absolute atomic E-state index is 0.314. The summed E-state index contributed by atoms with van der Waals surface area (Å²) in [5.74, 6) is 0.526. The standard InChI is InChI=1S/C24H22N2O3/c1-3-29-24(27)18-14-12-17(13-15-18)23-20-9-5-6-10-21(20)26(25-23)16-19-8-4-7-11-22(19)28-2/h4-15H,3,16H2,1-2H3. The fourth-order valence-corrected chi connectivity index (χ4v) is 3.43. The van der Waals surface area contributed by atoms with Gasteiger partial charge in [-0.3, -0.25) is 4.68 Å². The molecule has 1 aromatic heterocycles. The van der Waals surface area contributed by atoms with Crippen LogP contribution in [0.5, 0.6) is 5.75 Å². The van der Waals surface area contributed by atoms with Crippen molar-refractivity contribution in [2.75, 3.05) is 13.7 Å². The summed E-state index contributed by atoms with van der Waals surface area (Å²) in [6.45, 7) is 2.76. The Kier molecular flexibility index (Phi) is 5.29. The molecule has 3 aromatic carbocycles. The van der Waals surface area contributed by atoms with E-state index in [-0.39, 0.29) is 5.97 Å². The third-order valence-corrected chi connectivity index (χ3v) is 4.84. The van der Waals surface area contributed by atoms with Gasteiger partial charge >= 0.3 is 5.97 Å². The zero-order valence-corrected chi connectivity index (χ0v) is 16.5. The number of carbonyl (C=O) groups is 1. The van der Waals surface area contributed by atoms with E-state index in [1.807, 2.05) is 53.2 Å². The fourth-order valence-electron chi connectivity index (χ4n) is 3.43. The number of carbonyl (C=O) groups excluding carboxylic acids is 1. The monoisotopic (exact) mass is 386 g/mol. The third-order valence-electron chi connectivity index (χ3n) is 4.84. The van der Waals surface area contributed by atoms with Crippen molar-refractivity contribution >= 4 is 16.9 Å². The first-order valence-electron chi connectivity index (χ1n) is 9.56. The van der Waals surface area contributed by atoms with Crippen molar-refractivity contribution in [2.45, 2.75) is 13.5 Å². The van der Waals surface area contributed by atoms with Crippen LogP contribution in [0.3, 0.4) is 0 Å². The first-order valence-corrected chi connectivity index (χ1v) is 9.56.